The van der Waals surface area contributed by atoms with Gasteiger partial charge in [0.2, 0.25) is 15.8 Å². The molecule has 0 amide bonds. The van der Waals surface area contributed by atoms with Crippen LogP contribution in [-0.2, 0) is 23.7 Å². The molecule has 0 atom stereocenters. The number of hydrogen-bond donors (Lipinski definition) is 1. The second-order valence-corrected chi connectivity index (χ2v) is 7.93. The van der Waals surface area contributed by atoms with Crippen molar-refractivity contribution >= 4 is 10.0 Å². The van der Waals surface area contributed by atoms with E-state index < -0.39 is 10.0 Å². The minimum Gasteiger partial charge on any atom is -0.487 e. The molecular formula is C19H16FN5O4S. The Balaban J connectivity index is 1.57. The van der Waals surface area contributed by atoms with Crippen LogP contribution in [0.25, 0.3) is 22.8 Å². The highest BCUT2D eigenvalue weighted by Crippen LogP contribution is 2.26. The largest absolute Gasteiger partial charge is 0.487 e. The molecule has 2 heterocycles. The molecule has 9 nitrogen and oxygen atoms in total. The molecule has 0 bridgehead atoms. The topological polar surface area (TPSA) is 126 Å². The van der Waals surface area contributed by atoms with Gasteiger partial charge in [-0.1, -0.05) is 5.16 Å². The molecule has 0 aliphatic heterocycles. The Hall–Kier alpha value is -3.57. The Bertz CT molecular complexity index is 1280. The first-order valence-corrected chi connectivity index (χ1v) is 10.2. The van der Waals surface area contributed by atoms with Crippen molar-refractivity contribution < 1.29 is 22.1 Å². The van der Waals surface area contributed by atoms with Gasteiger partial charge in [0.15, 0.2) is 0 Å². The maximum atomic E-state index is 13.0. The van der Waals surface area contributed by atoms with Crippen LogP contribution in [0.3, 0.4) is 0 Å². The maximum absolute atomic E-state index is 13.0. The number of nitrogens with zero attached hydrogens (tertiary/aromatic N) is 4. The molecule has 0 aliphatic carbocycles. The molecule has 0 unspecified atom stereocenters. The van der Waals surface area contributed by atoms with E-state index in [0.29, 0.717) is 28.4 Å². The van der Waals surface area contributed by atoms with E-state index in [1.165, 1.54) is 48.5 Å². The zero-order valence-corrected chi connectivity index (χ0v) is 16.5. The molecule has 2 aromatic carbocycles. The predicted octanol–water partition coefficient (Wildman–Crippen LogP) is 2.50. The van der Waals surface area contributed by atoms with Gasteiger partial charge in [0, 0.05) is 12.6 Å². The van der Waals surface area contributed by atoms with Crippen molar-refractivity contribution in [3.63, 3.8) is 0 Å². The van der Waals surface area contributed by atoms with E-state index in [9.17, 15) is 12.8 Å². The van der Waals surface area contributed by atoms with Crippen LogP contribution in [0.5, 0.6) is 5.75 Å². The number of rotatable bonds is 6. The van der Waals surface area contributed by atoms with Crippen molar-refractivity contribution in [2.24, 2.45) is 12.2 Å². The molecule has 30 heavy (non-hydrogen) atoms. The third-order valence-corrected chi connectivity index (χ3v) is 5.28. The fourth-order valence-corrected chi connectivity index (χ4v) is 3.26. The highest BCUT2D eigenvalue weighted by atomic mass is 32.2. The lowest BCUT2D eigenvalue weighted by molar-refractivity contribution is 0.295. The summed E-state index contributed by atoms with van der Waals surface area (Å²) in [5, 5.41) is 13.3. The van der Waals surface area contributed by atoms with Gasteiger partial charge in [0.1, 0.15) is 18.2 Å². The molecule has 4 rings (SSSR count). The lowest BCUT2D eigenvalue weighted by Crippen LogP contribution is -2.11. The number of nitrogens with two attached hydrogens (primary N) is 1. The van der Waals surface area contributed by atoms with Crippen LogP contribution in [0.4, 0.5) is 4.39 Å². The average molecular weight is 429 g/mol. The number of hydrogen-bond acceptors (Lipinski definition) is 7. The molecule has 154 valence electrons. The van der Waals surface area contributed by atoms with Gasteiger partial charge in [0.25, 0.3) is 5.89 Å². The molecule has 4 aromatic rings. The lowest BCUT2D eigenvalue weighted by Gasteiger charge is -2.07. The van der Waals surface area contributed by atoms with E-state index in [2.05, 4.69) is 15.2 Å². The van der Waals surface area contributed by atoms with Gasteiger partial charge in [-0.3, -0.25) is 4.68 Å². The number of sulfonamides is 1. The van der Waals surface area contributed by atoms with Crippen LogP contribution < -0.4 is 9.88 Å². The smallest absolute Gasteiger partial charge is 0.258 e. The summed E-state index contributed by atoms with van der Waals surface area (Å²) in [6, 6.07) is 11.5. The van der Waals surface area contributed by atoms with Crippen LogP contribution in [0, 0.1) is 5.82 Å². The van der Waals surface area contributed by atoms with Crippen molar-refractivity contribution in [1.29, 1.82) is 0 Å². The SMILES string of the molecule is Cn1ncc(-c2noc(-c3ccc(S(N)(=O)=O)cc3)n2)c1COc1ccc(F)cc1. The second-order valence-electron chi connectivity index (χ2n) is 6.36. The number of ether oxygens (including phenoxy) is 1. The highest BCUT2D eigenvalue weighted by molar-refractivity contribution is 7.89. The Morgan fingerprint density at radius 1 is 1.13 bits per heavy atom. The second kappa shape index (κ2) is 7.69. The fraction of sp³-hybridized carbons (Fsp3) is 0.105. The number of halogens is 1. The van der Waals surface area contributed by atoms with Crippen molar-refractivity contribution in [2.75, 3.05) is 0 Å². The summed E-state index contributed by atoms with van der Waals surface area (Å²) in [6.07, 6.45) is 1.59. The molecule has 2 aromatic heterocycles. The van der Waals surface area contributed by atoms with Gasteiger partial charge in [-0.25, -0.2) is 17.9 Å². The summed E-state index contributed by atoms with van der Waals surface area (Å²) in [7, 11) is -2.04. The van der Waals surface area contributed by atoms with E-state index in [-0.39, 0.29) is 23.2 Å². The number of aromatic nitrogens is 4. The van der Waals surface area contributed by atoms with Crippen molar-refractivity contribution in [1.82, 2.24) is 19.9 Å². The van der Waals surface area contributed by atoms with Gasteiger partial charge in [-0.2, -0.15) is 10.1 Å². The van der Waals surface area contributed by atoms with Gasteiger partial charge >= 0.3 is 0 Å². The van der Waals surface area contributed by atoms with Crippen LogP contribution in [0.1, 0.15) is 5.69 Å². The van der Waals surface area contributed by atoms with Crippen LogP contribution in [-0.4, -0.2) is 28.3 Å². The van der Waals surface area contributed by atoms with Crippen LogP contribution in [0.15, 0.2) is 64.1 Å². The molecule has 2 N–H and O–H groups in total. The molecule has 0 spiro atoms. The lowest BCUT2D eigenvalue weighted by atomic mass is 10.2. The quantitative estimate of drug-likeness (QED) is 0.499. The van der Waals surface area contributed by atoms with Gasteiger partial charge in [-0.15, -0.1) is 0 Å². The van der Waals surface area contributed by atoms with E-state index in [1.54, 1.807) is 17.9 Å². The fourth-order valence-electron chi connectivity index (χ4n) is 2.74. The van der Waals surface area contributed by atoms with Gasteiger partial charge in [-0.05, 0) is 48.5 Å². The Labute approximate surface area is 171 Å². The third-order valence-electron chi connectivity index (χ3n) is 4.35. The normalized spacial score (nSPS) is 11.6. The monoisotopic (exact) mass is 429 g/mol. The molecule has 11 heteroatoms. The number of primary sulfonamides is 1. The first-order chi connectivity index (χ1) is 14.3. The van der Waals surface area contributed by atoms with Crippen molar-refractivity contribution in [3.8, 4) is 28.6 Å². The minimum absolute atomic E-state index is 0.0153. The Morgan fingerprint density at radius 3 is 2.50 bits per heavy atom. The first-order valence-electron chi connectivity index (χ1n) is 8.68. The third kappa shape index (κ3) is 4.07. The molecule has 0 saturated heterocycles. The first kappa shape index (κ1) is 19.7. The van der Waals surface area contributed by atoms with E-state index >= 15 is 0 Å². The Morgan fingerprint density at radius 2 is 1.83 bits per heavy atom. The zero-order valence-electron chi connectivity index (χ0n) is 15.7. The van der Waals surface area contributed by atoms with E-state index in [4.69, 9.17) is 14.4 Å². The number of aryl methyl sites for hydroxylation is 1. The standard InChI is InChI=1S/C19H16FN5O4S/c1-25-17(11-28-14-6-4-13(20)5-7-14)16(10-22-25)18-23-19(29-24-18)12-2-8-15(9-3-12)30(21,26)27/h2-10H,11H2,1H3,(H2,21,26,27). The molecule has 0 fully saturated rings. The molecular weight excluding hydrogens is 413 g/mol. The van der Waals surface area contributed by atoms with Crippen molar-refractivity contribution in [2.45, 2.75) is 11.5 Å². The highest BCUT2D eigenvalue weighted by Gasteiger charge is 2.18. The van der Waals surface area contributed by atoms with Crippen LogP contribution >= 0.6 is 0 Å². The summed E-state index contributed by atoms with van der Waals surface area (Å²) in [5.74, 6) is 0.666. The zero-order chi connectivity index (χ0) is 21.3. The van der Waals surface area contributed by atoms with Gasteiger partial charge < -0.3 is 9.26 Å². The Kier molecular flexibility index (Phi) is 5.06. The molecule has 0 aliphatic rings. The average Bonchev–Trinajstić information content (AvgIpc) is 3.34. The van der Waals surface area contributed by atoms with E-state index in [0.717, 1.165) is 0 Å². The summed E-state index contributed by atoms with van der Waals surface area (Å²) in [5.41, 5.74) is 1.83. The predicted molar refractivity (Wildman–Crippen MR) is 104 cm³/mol. The summed E-state index contributed by atoms with van der Waals surface area (Å²) >= 11 is 0. The van der Waals surface area contributed by atoms with E-state index in [1.807, 2.05) is 0 Å². The minimum atomic E-state index is -3.79. The molecule has 0 saturated carbocycles. The molecule has 0 radical (unpaired) electrons. The summed E-state index contributed by atoms with van der Waals surface area (Å²) in [4.78, 5) is 4.35. The van der Waals surface area contributed by atoms with Crippen LogP contribution in [0.2, 0.25) is 0 Å². The maximum Gasteiger partial charge on any atom is 0.258 e. The number of benzene rings is 2. The summed E-state index contributed by atoms with van der Waals surface area (Å²) in [6.45, 7) is 0.157. The van der Waals surface area contributed by atoms with Crippen molar-refractivity contribution in [3.05, 3.63) is 66.2 Å². The van der Waals surface area contributed by atoms with Gasteiger partial charge in [0.05, 0.1) is 22.3 Å². The summed E-state index contributed by atoms with van der Waals surface area (Å²) < 4.78 is 48.4.